The van der Waals surface area contributed by atoms with Crippen molar-refractivity contribution >= 4 is 0 Å². The molecule has 1 fully saturated rings. The first kappa shape index (κ1) is 19.5. The Labute approximate surface area is 170 Å². The summed E-state index contributed by atoms with van der Waals surface area (Å²) in [6.45, 7) is 8.78. The predicted octanol–water partition coefficient (Wildman–Crippen LogP) is 2.24. The molecule has 1 saturated heterocycles. The maximum atomic E-state index is 5.72. The molecule has 1 N–H and O–H groups in total. The molecule has 0 bridgehead atoms. The van der Waals surface area contributed by atoms with Gasteiger partial charge in [-0.15, -0.1) is 5.10 Å². The number of benzene rings is 1. The number of nitrogens with one attached hydrogen (secondary N) is 1. The third-order valence-corrected chi connectivity index (χ3v) is 5.00. The van der Waals surface area contributed by atoms with Crippen LogP contribution in [-0.2, 0) is 6.42 Å². The van der Waals surface area contributed by atoms with Crippen molar-refractivity contribution in [3.63, 3.8) is 0 Å². The van der Waals surface area contributed by atoms with Gasteiger partial charge in [0.2, 0.25) is 0 Å². The zero-order valence-electron chi connectivity index (χ0n) is 17.3. The summed E-state index contributed by atoms with van der Waals surface area (Å²) in [5.41, 5.74) is 2.46. The van der Waals surface area contributed by atoms with Crippen molar-refractivity contribution in [2.75, 3.05) is 26.7 Å². The third kappa shape index (κ3) is 4.01. The minimum Gasteiger partial charge on any atom is -0.491 e. The van der Waals surface area contributed by atoms with Gasteiger partial charge in [0.15, 0.2) is 11.5 Å². The minimum absolute atomic E-state index is 0.0925. The van der Waals surface area contributed by atoms with Gasteiger partial charge in [-0.05, 0) is 51.6 Å². The predicted molar refractivity (Wildman–Crippen MR) is 108 cm³/mol. The molecule has 2 aromatic heterocycles. The number of hydrogen-bond acceptors (Lipinski definition) is 8. The summed E-state index contributed by atoms with van der Waals surface area (Å²) < 4.78 is 13.1. The van der Waals surface area contributed by atoms with Crippen molar-refractivity contribution in [2.45, 2.75) is 39.3 Å². The Morgan fingerprint density at radius 1 is 1.28 bits per heavy atom. The van der Waals surface area contributed by atoms with Gasteiger partial charge >= 0.3 is 0 Å². The molecule has 9 heteroatoms. The van der Waals surface area contributed by atoms with Crippen molar-refractivity contribution < 1.29 is 9.26 Å². The van der Waals surface area contributed by atoms with E-state index in [9.17, 15) is 0 Å². The van der Waals surface area contributed by atoms with Crippen molar-refractivity contribution in [1.82, 2.24) is 35.4 Å². The second kappa shape index (κ2) is 8.30. The average molecular weight is 397 g/mol. The maximum Gasteiger partial charge on any atom is 0.280 e. The lowest BCUT2D eigenvalue weighted by Gasteiger charge is -2.30. The molecule has 1 aromatic carbocycles. The summed E-state index contributed by atoms with van der Waals surface area (Å²) in [6.07, 6.45) is 0.866. The topological polar surface area (TPSA) is 94.1 Å². The Morgan fingerprint density at radius 2 is 2.07 bits per heavy atom. The number of piperazine rings is 1. The molecule has 1 aliphatic heterocycles. The number of nitrogens with zero attached hydrogens (tertiary/aromatic N) is 6. The molecule has 9 nitrogen and oxygen atoms in total. The van der Waals surface area contributed by atoms with Crippen LogP contribution < -0.4 is 10.1 Å². The quantitative estimate of drug-likeness (QED) is 0.677. The fourth-order valence-electron chi connectivity index (χ4n) is 3.49. The van der Waals surface area contributed by atoms with Crippen molar-refractivity contribution in [2.24, 2.45) is 0 Å². The van der Waals surface area contributed by atoms with E-state index < -0.39 is 0 Å². The number of hydrogen-bond donors (Lipinski definition) is 1. The summed E-state index contributed by atoms with van der Waals surface area (Å²) in [7, 11) is 2.07. The number of ether oxygens (including phenoxy) is 1. The minimum atomic E-state index is 0.0925. The van der Waals surface area contributed by atoms with Gasteiger partial charge < -0.3 is 14.6 Å². The van der Waals surface area contributed by atoms with E-state index in [4.69, 9.17) is 9.26 Å². The number of rotatable bonds is 6. The van der Waals surface area contributed by atoms with Crippen LogP contribution in [0, 0.1) is 0 Å². The van der Waals surface area contributed by atoms with Gasteiger partial charge in [0.25, 0.3) is 5.89 Å². The van der Waals surface area contributed by atoms with E-state index in [1.54, 1.807) is 0 Å². The first-order valence-corrected chi connectivity index (χ1v) is 10.0. The average Bonchev–Trinajstić information content (AvgIpc) is 3.35. The largest absolute Gasteiger partial charge is 0.491 e. The van der Waals surface area contributed by atoms with Crippen LogP contribution in [0.1, 0.15) is 38.3 Å². The molecule has 1 unspecified atom stereocenters. The summed E-state index contributed by atoms with van der Waals surface area (Å²) in [5, 5.41) is 16.2. The van der Waals surface area contributed by atoms with Crippen LogP contribution in [0.4, 0.5) is 0 Å². The van der Waals surface area contributed by atoms with Gasteiger partial charge in [-0.1, -0.05) is 17.3 Å². The van der Waals surface area contributed by atoms with Gasteiger partial charge in [-0.2, -0.15) is 4.98 Å². The van der Waals surface area contributed by atoms with E-state index in [1.165, 1.54) is 0 Å². The van der Waals surface area contributed by atoms with E-state index in [1.807, 2.05) is 42.8 Å². The molecule has 3 heterocycles. The van der Waals surface area contributed by atoms with Crippen LogP contribution >= 0.6 is 0 Å². The number of likely N-dealkylation sites (N-methyl/N-ethyl adjacent to an activating group) is 1. The molecular formula is C20H27N7O2. The molecule has 3 aromatic rings. The zero-order chi connectivity index (χ0) is 20.4. The summed E-state index contributed by atoms with van der Waals surface area (Å²) >= 11 is 0. The van der Waals surface area contributed by atoms with Crippen LogP contribution in [0.3, 0.4) is 0 Å². The van der Waals surface area contributed by atoms with Gasteiger partial charge in [0.05, 0.1) is 23.5 Å². The SMILES string of the molecule is CCc1c(-c2nc(C3CNCCN3C)no2)nnn1-c1ccc(OC(C)C)cc1. The maximum absolute atomic E-state index is 5.72. The normalized spacial score (nSPS) is 17.8. The molecule has 1 atom stereocenters. The molecule has 29 heavy (non-hydrogen) atoms. The smallest absolute Gasteiger partial charge is 0.280 e. The monoisotopic (exact) mass is 397 g/mol. The Kier molecular flexibility index (Phi) is 5.59. The van der Waals surface area contributed by atoms with Crippen molar-refractivity contribution in [1.29, 1.82) is 0 Å². The standard InChI is InChI=1S/C20H27N7O2/c1-5-16-18(20-22-19(24-29-20)17-12-21-10-11-26(17)4)23-25-27(16)14-6-8-15(9-7-14)28-13(2)3/h6-9,13,17,21H,5,10-12H2,1-4H3. The summed E-state index contributed by atoms with van der Waals surface area (Å²) in [6, 6.07) is 7.91. The van der Waals surface area contributed by atoms with Crippen LogP contribution in [0.25, 0.3) is 17.3 Å². The van der Waals surface area contributed by atoms with E-state index >= 15 is 0 Å². The van der Waals surface area contributed by atoms with Crippen LogP contribution in [-0.4, -0.2) is 62.8 Å². The molecular weight excluding hydrogens is 370 g/mol. The third-order valence-electron chi connectivity index (χ3n) is 5.00. The lowest BCUT2D eigenvalue weighted by molar-refractivity contribution is 0.190. The van der Waals surface area contributed by atoms with E-state index in [0.29, 0.717) is 17.4 Å². The fraction of sp³-hybridized carbons (Fsp3) is 0.500. The highest BCUT2D eigenvalue weighted by Crippen LogP contribution is 2.26. The highest BCUT2D eigenvalue weighted by molar-refractivity contribution is 5.52. The molecule has 0 amide bonds. The Morgan fingerprint density at radius 3 is 2.76 bits per heavy atom. The van der Waals surface area contributed by atoms with Gasteiger partial charge in [0, 0.05) is 19.6 Å². The van der Waals surface area contributed by atoms with Crippen LogP contribution in [0.15, 0.2) is 28.8 Å². The first-order valence-electron chi connectivity index (χ1n) is 10.0. The second-order valence-corrected chi connectivity index (χ2v) is 7.47. The second-order valence-electron chi connectivity index (χ2n) is 7.47. The summed E-state index contributed by atoms with van der Waals surface area (Å²) in [4.78, 5) is 6.85. The summed E-state index contributed by atoms with van der Waals surface area (Å²) in [5.74, 6) is 1.90. The first-order chi connectivity index (χ1) is 14.1. The van der Waals surface area contributed by atoms with Gasteiger partial charge in [0.1, 0.15) is 5.75 Å². The van der Waals surface area contributed by atoms with E-state index in [-0.39, 0.29) is 12.1 Å². The lowest BCUT2D eigenvalue weighted by Crippen LogP contribution is -2.44. The Hall–Kier alpha value is -2.78. The molecule has 0 spiro atoms. The molecule has 0 radical (unpaired) electrons. The van der Waals surface area contributed by atoms with Crippen molar-refractivity contribution in [3.05, 3.63) is 35.8 Å². The zero-order valence-corrected chi connectivity index (χ0v) is 17.3. The molecule has 154 valence electrons. The van der Waals surface area contributed by atoms with Crippen LogP contribution in [0.2, 0.25) is 0 Å². The fourth-order valence-corrected chi connectivity index (χ4v) is 3.49. The molecule has 1 aliphatic rings. The molecule has 4 rings (SSSR count). The van der Waals surface area contributed by atoms with Crippen LogP contribution in [0.5, 0.6) is 5.75 Å². The van der Waals surface area contributed by atoms with E-state index in [0.717, 1.165) is 43.2 Å². The van der Waals surface area contributed by atoms with Gasteiger partial charge in [-0.3, -0.25) is 4.90 Å². The highest BCUT2D eigenvalue weighted by Gasteiger charge is 2.27. The van der Waals surface area contributed by atoms with E-state index in [2.05, 4.69) is 44.6 Å². The van der Waals surface area contributed by atoms with Gasteiger partial charge in [-0.25, -0.2) is 4.68 Å². The van der Waals surface area contributed by atoms with Crippen molar-refractivity contribution in [3.8, 4) is 23.0 Å². The molecule has 0 saturated carbocycles. The number of aromatic nitrogens is 5. The Bertz CT molecular complexity index is 948. The highest BCUT2D eigenvalue weighted by atomic mass is 16.5. The Balaban J connectivity index is 1.61. The lowest BCUT2D eigenvalue weighted by atomic mass is 10.2. The molecule has 0 aliphatic carbocycles.